The summed E-state index contributed by atoms with van der Waals surface area (Å²) in [6.45, 7) is 6.08. The summed E-state index contributed by atoms with van der Waals surface area (Å²) in [6, 6.07) is -0.332. The van der Waals surface area contributed by atoms with Gasteiger partial charge in [0.2, 0.25) is 5.91 Å². The Bertz CT molecular complexity index is 212. The third-order valence-corrected chi connectivity index (χ3v) is 2.07. The smallest absolute Gasteiger partial charge is 0.219 e. The number of carbonyl (C=O) groups excluding carboxylic acids is 1. The Morgan fingerprint density at radius 1 is 1.71 bits per heavy atom. The second-order valence-electron chi connectivity index (χ2n) is 3.51. The monoisotopic (exact) mass is 200 g/mol. The van der Waals surface area contributed by atoms with Gasteiger partial charge in [-0.25, -0.2) is 0 Å². The first-order valence-corrected chi connectivity index (χ1v) is 4.82. The fourth-order valence-corrected chi connectivity index (χ4v) is 1.39. The van der Waals surface area contributed by atoms with Crippen LogP contribution in [0.4, 0.5) is 0 Å². The number of amides is 1. The third kappa shape index (κ3) is 4.39. The Labute approximate surface area is 85.2 Å². The predicted molar refractivity (Wildman–Crippen MR) is 56.7 cm³/mol. The SMILES string of the molecule is C/C=C/[C@](C)(O)[C@H](CC(N)=O)NCC. The van der Waals surface area contributed by atoms with E-state index in [0.29, 0.717) is 6.54 Å². The Kier molecular flexibility index (Phi) is 5.42. The van der Waals surface area contributed by atoms with E-state index in [2.05, 4.69) is 5.32 Å². The number of allylic oxidation sites excluding steroid dienone is 1. The standard InChI is InChI=1S/C10H20N2O2/c1-4-6-10(3,14)8(12-5-2)7-9(11)13/h4,6,8,12,14H,5,7H2,1-3H3,(H2,11,13)/b6-4+/t8-,10-/m0/s1. The van der Waals surface area contributed by atoms with Crippen LogP contribution in [0.25, 0.3) is 0 Å². The molecule has 0 aromatic carbocycles. The van der Waals surface area contributed by atoms with Gasteiger partial charge in [-0.15, -0.1) is 0 Å². The lowest BCUT2D eigenvalue weighted by Crippen LogP contribution is -2.49. The Morgan fingerprint density at radius 3 is 2.64 bits per heavy atom. The van der Waals surface area contributed by atoms with Crippen LogP contribution in [0.3, 0.4) is 0 Å². The van der Waals surface area contributed by atoms with E-state index < -0.39 is 11.5 Å². The predicted octanol–water partition coefficient (Wildman–Crippen LogP) is 0.167. The largest absolute Gasteiger partial charge is 0.384 e. The second-order valence-corrected chi connectivity index (χ2v) is 3.51. The van der Waals surface area contributed by atoms with Crippen LogP contribution >= 0.6 is 0 Å². The number of nitrogens with one attached hydrogen (secondary N) is 1. The molecule has 0 aromatic rings. The summed E-state index contributed by atoms with van der Waals surface area (Å²) in [4.78, 5) is 10.8. The number of nitrogens with two attached hydrogens (primary N) is 1. The summed E-state index contributed by atoms with van der Waals surface area (Å²) in [7, 11) is 0. The van der Waals surface area contributed by atoms with Gasteiger partial charge in [0.15, 0.2) is 0 Å². The molecule has 4 nitrogen and oxygen atoms in total. The van der Waals surface area contributed by atoms with E-state index in [1.54, 1.807) is 19.1 Å². The first-order chi connectivity index (χ1) is 6.44. The lowest BCUT2D eigenvalue weighted by molar-refractivity contribution is -0.119. The summed E-state index contributed by atoms with van der Waals surface area (Å²) in [6.07, 6.45) is 3.54. The molecular weight excluding hydrogens is 180 g/mol. The van der Waals surface area contributed by atoms with Crippen molar-refractivity contribution in [2.24, 2.45) is 5.73 Å². The molecular formula is C10H20N2O2. The van der Waals surface area contributed by atoms with Crippen LogP contribution in [0.1, 0.15) is 27.2 Å². The molecule has 0 spiro atoms. The van der Waals surface area contributed by atoms with Crippen molar-refractivity contribution in [1.29, 1.82) is 0 Å². The molecule has 4 heteroatoms. The quantitative estimate of drug-likeness (QED) is 0.535. The highest BCUT2D eigenvalue weighted by molar-refractivity contribution is 5.74. The van der Waals surface area contributed by atoms with Crippen LogP contribution in [0.2, 0.25) is 0 Å². The summed E-state index contributed by atoms with van der Waals surface area (Å²) in [5.74, 6) is -0.416. The van der Waals surface area contributed by atoms with Crippen LogP contribution in [-0.4, -0.2) is 29.2 Å². The number of hydrogen-bond acceptors (Lipinski definition) is 3. The van der Waals surface area contributed by atoms with E-state index in [0.717, 1.165) is 0 Å². The Morgan fingerprint density at radius 2 is 2.29 bits per heavy atom. The molecule has 14 heavy (non-hydrogen) atoms. The molecule has 4 N–H and O–H groups in total. The number of carbonyl (C=O) groups is 1. The number of hydrogen-bond donors (Lipinski definition) is 3. The molecule has 82 valence electrons. The van der Waals surface area contributed by atoms with Gasteiger partial charge < -0.3 is 16.2 Å². The highest BCUT2D eigenvalue weighted by Gasteiger charge is 2.29. The molecule has 0 unspecified atom stereocenters. The first kappa shape index (κ1) is 13.1. The second kappa shape index (κ2) is 5.78. The average molecular weight is 200 g/mol. The van der Waals surface area contributed by atoms with Gasteiger partial charge in [-0.2, -0.15) is 0 Å². The van der Waals surface area contributed by atoms with E-state index in [1.807, 2.05) is 13.8 Å². The molecule has 2 atom stereocenters. The van der Waals surface area contributed by atoms with Crippen molar-refractivity contribution >= 4 is 5.91 Å². The van der Waals surface area contributed by atoms with Gasteiger partial charge in [0.25, 0.3) is 0 Å². The third-order valence-electron chi connectivity index (χ3n) is 2.07. The molecule has 0 aromatic heterocycles. The van der Waals surface area contributed by atoms with Crippen molar-refractivity contribution in [3.8, 4) is 0 Å². The summed E-state index contributed by atoms with van der Waals surface area (Å²) in [5.41, 5.74) is 4.06. The molecule has 0 radical (unpaired) electrons. The summed E-state index contributed by atoms with van der Waals surface area (Å²) < 4.78 is 0. The van der Waals surface area contributed by atoms with E-state index in [9.17, 15) is 9.90 Å². The zero-order valence-corrected chi connectivity index (χ0v) is 9.08. The molecule has 0 aliphatic carbocycles. The fourth-order valence-electron chi connectivity index (χ4n) is 1.39. The molecule has 0 saturated heterocycles. The lowest BCUT2D eigenvalue weighted by Gasteiger charge is -2.30. The van der Waals surface area contributed by atoms with Gasteiger partial charge in [-0.05, 0) is 20.4 Å². The highest BCUT2D eigenvalue weighted by atomic mass is 16.3. The number of likely N-dealkylation sites (N-methyl/N-ethyl adjacent to an activating group) is 1. The van der Waals surface area contributed by atoms with Crippen molar-refractivity contribution in [2.45, 2.75) is 38.8 Å². The van der Waals surface area contributed by atoms with Crippen molar-refractivity contribution in [3.05, 3.63) is 12.2 Å². The highest BCUT2D eigenvalue weighted by Crippen LogP contribution is 2.14. The van der Waals surface area contributed by atoms with Crippen molar-refractivity contribution in [1.82, 2.24) is 5.32 Å². The molecule has 0 fully saturated rings. The van der Waals surface area contributed by atoms with Crippen molar-refractivity contribution in [3.63, 3.8) is 0 Å². The van der Waals surface area contributed by atoms with E-state index in [-0.39, 0.29) is 12.5 Å². The summed E-state index contributed by atoms with van der Waals surface area (Å²) >= 11 is 0. The van der Waals surface area contributed by atoms with Gasteiger partial charge in [-0.1, -0.05) is 19.1 Å². The van der Waals surface area contributed by atoms with Crippen molar-refractivity contribution < 1.29 is 9.90 Å². The number of aliphatic hydroxyl groups is 1. The minimum atomic E-state index is -1.04. The number of primary amides is 1. The minimum absolute atomic E-state index is 0.130. The van der Waals surface area contributed by atoms with Crippen LogP contribution in [0.15, 0.2) is 12.2 Å². The molecule has 0 rings (SSSR count). The van der Waals surface area contributed by atoms with Crippen LogP contribution in [0, 0.1) is 0 Å². The van der Waals surface area contributed by atoms with E-state index >= 15 is 0 Å². The van der Waals surface area contributed by atoms with E-state index in [4.69, 9.17) is 5.73 Å². The minimum Gasteiger partial charge on any atom is -0.384 e. The fraction of sp³-hybridized carbons (Fsp3) is 0.700. The average Bonchev–Trinajstić information content (AvgIpc) is 2.02. The maximum Gasteiger partial charge on any atom is 0.219 e. The van der Waals surface area contributed by atoms with E-state index in [1.165, 1.54) is 0 Å². The van der Waals surface area contributed by atoms with Crippen LogP contribution in [0.5, 0.6) is 0 Å². The first-order valence-electron chi connectivity index (χ1n) is 4.82. The van der Waals surface area contributed by atoms with Gasteiger partial charge in [0.1, 0.15) is 0 Å². The molecule has 0 aliphatic heterocycles. The van der Waals surface area contributed by atoms with Crippen LogP contribution < -0.4 is 11.1 Å². The molecule has 0 bridgehead atoms. The van der Waals surface area contributed by atoms with Gasteiger partial charge in [0.05, 0.1) is 5.60 Å². The van der Waals surface area contributed by atoms with Gasteiger partial charge in [0, 0.05) is 12.5 Å². The Hall–Kier alpha value is -0.870. The lowest BCUT2D eigenvalue weighted by atomic mass is 9.93. The number of rotatable bonds is 6. The molecule has 0 saturated carbocycles. The van der Waals surface area contributed by atoms with Gasteiger partial charge >= 0.3 is 0 Å². The Balaban J connectivity index is 4.53. The van der Waals surface area contributed by atoms with Crippen LogP contribution in [-0.2, 0) is 4.79 Å². The zero-order valence-electron chi connectivity index (χ0n) is 9.08. The zero-order chi connectivity index (χ0) is 11.2. The normalized spacial score (nSPS) is 18.0. The topological polar surface area (TPSA) is 75.3 Å². The maximum atomic E-state index is 10.8. The molecule has 0 heterocycles. The molecule has 1 amide bonds. The maximum absolute atomic E-state index is 10.8. The van der Waals surface area contributed by atoms with Crippen molar-refractivity contribution in [2.75, 3.05) is 6.54 Å². The van der Waals surface area contributed by atoms with Gasteiger partial charge in [-0.3, -0.25) is 4.79 Å². The molecule has 0 aliphatic rings. The summed E-state index contributed by atoms with van der Waals surface area (Å²) in [5, 5.41) is 13.0.